The first-order valence-electron chi connectivity index (χ1n) is 21.8. The predicted octanol–water partition coefficient (Wildman–Crippen LogP) is 16.6. The van der Waals surface area contributed by atoms with Crippen LogP contribution in [0.3, 0.4) is 0 Å². The monoisotopic (exact) mass is 730 g/mol. The summed E-state index contributed by atoms with van der Waals surface area (Å²) in [6, 6.07) is 51.9. The average molecular weight is 731 g/mol. The lowest BCUT2D eigenvalue weighted by Crippen LogP contribution is -1.99. The number of hydrogen-bond donors (Lipinski definition) is 0. The zero-order chi connectivity index (χ0) is 38.4. The molecule has 0 atom stereocenters. The van der Waals surface area contributed by atoms with Gasteiger partial charge in [-0.1, -0.05) is 175 Å². The second kappa shape index (κ2) is 17.3. The van der Waals surface area contributed by atoms with E-state index in [9.17, 15) is 0 Å². The molecule has 0 saturated carbocycles. The van der Waals surface area contributed by atoms with E-state index in [1.165, 1.54) is 150 Å². The lowest BCUT2D eigenvalue weighted by Gasteiger charge is -2.24. The van der Waals surface area contributed by atoms with Crippen LogP contribution in [0.2, 0.25) is 0 Å². The Morgan fingerprint density at radius 3 is 0.982 bits per heavy atom. The highest BCUT2D eigenvalue weighted by Crippen LogP contribution is 2.50. The minimum atomic E-state index is 1.09. The van der Waals surface area contributed by atoms with Crippen molar-refractivity contribution < 1.29 is 0 Å². The lowest BCUT2D eigenvalue weighted by atomic mass is 9.79. The SMILES string of the molecule is CCCCc1ccccc1-c1ccc2c(-c3ccccc3CCCC)cc3c(-c4ccccc4CCCC)cc(-c4ccccc4CCCC)c4ccc1c2c43. The first-order chi connectivity index (χ1) is 27.7. The van der Waals surface area contributed by atoms with Crippen molar-refractivity contribution in [3.8, 4) is 44.5 Å². The van der Waals surface area contributed by atoms with Gasteiger partial charge in [0.25, 0.3) is 0 Å². The highest BCUT2D eigenvalue weighted by Gasteiger charge is 2.23. The smallest absolute Gasteiger partial charge is 0.00137 e. The van der Waals surface area contributed by atoms with Crippen LogP contribution in [0.5, 0.6) is 0 Å². The van der Waals surface area contributed by atoms with E-state index < -0.39 is 0 Å². The summed E-state index contributed by atoms with van der Waals surface area (Å²) in [5.74, 6) is 0. The highest BCUT2D eigenvalue weighted by molar-refractivity contribution is 6.32. The van der Waals surface area contributed by atoms with Crippen LogP contribution in [-0.2, 0) is 25.7 Å². The maximum atomic E-state index is 2.59. The third-order valence-electron chi connectivity index (χ3n) is 12.3. The molecule has 0 spiro atoms. The Balaban J connectivity index is 1.55. The summed E-state index contributed by atoms with van der Waals surface area (Å²) in [6.45, 7) is 9.22. The third kappa shape index (κ3) is 7.16. The summed E-state index contributed by atoms with van der Waals surface area (Å²) >= 11 is 0. The van der Waals surface area contributed by atoms with Crippen molar-refractivity contribution in [3.63, 3.8) is 0 Å². The van der Waals surface area contributed by atoms with Crippen molar-refractivity contribution in [2.45, 2.75) is 105 Å². The van der Waals surface area contributed by atoms with Crippen LogP contribution < -0.4 is 0 Å². The van der Waals surface area contributed by atoms with Gasteiger partial charge in [-0.15, -0.1) is 0 Å². The summed E-state index contributed by atoms with van der Waals surface area (Å²) in [4.78, 5) is 0. The molecular weight excluding hydrogens is 673 g/mol. The highest BCUT2D eigenvalue weighted by atomic mass is 14.3. The topological polar surface area (TPSA) is 0 Å². The van der Waals surface area contributed by atoms with E-state index in [0.29, 0.717) is 0 Å². The maximum absolute atomic E-state index is 2.59. The van der Waals surface area contributed by atoms with Gasteiger partial charge in [-0.25, -0.2) is 0 Å². The predicted molar refractivity (Wildman–Crippen MR) is 246 cm³/mol. The van der Waals surface area contributed by atoms with Crippen LogP contribution in [-0.4, -0.2) is 0 Å². The van der Waals surface area contributed by atoms with Crippen LogP contribution in [0.25, 0.3) is 76.8 Å². The van der Waals surface area contributed by atoms with E-state index in [-0.39, 0.29) is 0 Å². The molecule has 0 N–H and O–H groups in total. The number of unbranched alkanes of at least 4 members (excludes halogenated alkanes) is 4. The van der Waals surface area contributed by atoms with Gasteiger partial charge in [-0.2, -0.15) is 0 Å². The van der Waals surface area contributed by atoms with Crippen molar-refractivity contribution in [2.75, 3.05) is 0 Å². The Kier molecular flexibility index (Phi) is 11.6. The Morgan fingerprint density at radius 2 is 0.571 bits per heavy atom. The molecule has 8 aromatic rings. The van der Waals surface area contributed by atoms with Crippen LogP contribution in [0.4, 0.5) is 0 Å². The largest absolute Gasteiger partial charge is 0.0654 e. The maximum Gasteiger partial charge on any atom is -0.00137 e. The van der Waals surface area contributed by atoms with E-state index >= 15 is 0 Å². The Hall–Kier alpha value is -5.20. The molecule has 0 aliphatic rings. The normalized spacial score (nSPS) is 11.7. The Labute approximate surface area is 336 Å². The van der Waals surface area contributed by atoms with Gasteiger partial charge in [0.05, 0.1) is 0 Å². The van der Waals surface area contributed by atoms with E-state index in [2.05, 4.69) is 161 Å². The van der Waals surface area contributed by atoms with Crippen LogP contribution >= 0.6 is 0 Å². The van der Waals surface area contributed by atoms with Gasteiger partial charge in [0, 0.05) is 0 Å². The molecule has 0 heteroatoms. The fourth-order valence-corrected chi connectivity index (χ4v) is 9.36. The summed E-state index contributed by atoms with van der Waals surface area (Å²) in [6.07, 6.45) is 13.9. The van der Waals surface area contributed by atoms with E-state index in [0.717, 1.165) is 25.7 Å². The van der Waals surface area contributed by atoms with Gasteiger partial charge >= 0.3 is 0 Å². The van der Waals surface area contributed by atoms with Crippen molar-refractivity contribution in [2.24, 2.45) is 0 Å². The van der Waals surface area contributed by atoms with Gasteiger partial charge in [0.15, 0.2) is 0 Å². The molecule has 8 aromatic carbocycles. The van der Waals surface area contributed by atoms with Crippen molar-refractivity contribution in [3.05, 3.63) is 156 Å². The van der Waals surface area contributed by atoms with Crippen molar-refractivity contribution >= 4 is 32.3 Å². The molecule has 0 fully saturated rings. The second-order valence-corrected chi connectivity index (χ2v) is 16.1. The average Bonchev–Trinajstić information content (AvgIpc) is 3.25. The molecule has 0 heterocycles. The number of rotatable bonds is 16. The van der Waals surface area contributed by atoms with Crippen molar-refractivity contribution in [1.82, 2.24) is 0 Å². The molecule has 8 rings (SSSR count). The van der Waals surface area contributed by atoms with E-state index in [1.54, 1.807) is 0 Å². The molecule has 0 unspecified atom stereocenters. The Bertz CT molecular complexity index is 2560. The van der Waals surface area contributed by atoms with Crippen LogP contribution in [0, 0.1) is 0 Å². The molecule has 0 saturated heterocycles. The molecule has 0 nitrogen and oxygen atoms in total. The zero-order valence-electron chi connectivity index (χ0n) is 34.2. The summed E-state index contributed by atoms with van der Waals surface area (Å²) in [7, 11) is 0. The van der Waals surface area contributed by atoms with Gasteiger partial charge in [-0.3, -0.25) is 0 Å². The summed E-state index contributed by atoms with van der Waals surface area (Å²) < 4.78 is 0. The number of hydrogen-bond acceptors (Lipinski definition) is 0. The van der Waals surface area contributed by atoms with Crippen LogP contribution in [0.1, 0.15) is 101 Å². The fraction of sp³-hybridized carbons (Fsp3) is 0.286. The molecule has 0 aliphatic heterocycles. The molecule has 0 aliphatic carbocycles. The first kappa shape index (κ1) is 37.7. The first-order valence-corrected chi connectivity index (χ1v) is 21.8. The lowest BCUT2D eigenvalue weighted by molar-refractivity contribution is 0.796. The minimum absolute atomic E-state index is 1.09. The van der Waals surface area contributed by atoms with Gasteiger partial charge < -0.3 is 0 Å². The molecule has 0 radical (unpaired) electrons. The number of aryl methyl sites for hydroxylation is 4. The number of benzene rings is 8. The molecular formula is C56H58. The van der Waals surface area contributed by atoms with Gasteiger partial charge in [-0.05, 0) is 163 Å². The molecule has 0 aromatic heterocycles. The third-order valence-corrected chi connectivity index (χ3v) is 12.3. The van der Waals surface area contributed by atoms with Crippen molar-refractivity contribution in [1.29, 1.82) is 0 Å². The Morgan fingerprint density at radius 1 is 0.268 bits per heavy atom. The zero-order valence-corrected chi connectivity index (χ0v) is 34.2. The minimum Gasteiger partial charge on any atom is -0.0654 e. The molecule has 0 bridgehead atoms. The van der Waals surface area contributed by atoms with E-state index in [4.69, 9.17) is 0 Å². The fourth-order valence-electron chi connectivity index (χ4n) is 9.36. The molecule has 282 valence electrons. The second-order valence-electron chi connectivity index (χ2n) is 16.1. The molecule has 0 amide bonds. The summed E-state index contributed by atoms with van der Waals surface area (Å²) in [5.41, 5.74) is 16.7. The van der Waals surface area contributed by atoms with Gasteiger partial charge in [0.1, 0.15) is 0 Å². The van der Waals surface area contributed by atoms with Crippen LogP contribution in [0.15, 0.2) is 133 Å². The van der Waals surface area contributed by atoms with Gasteiger partial charge in [0.2, 0.25) is 0 Å². The standard InChI is InChI=1S/C56H58/c1-5-9-21-39-25-13-17-29-43(39)47-33-34-49-52(45-31-19-15-27-41(45)23-11-7-3)38-54-53(46-32-20-16-28-42(46)24-12-8-4)37-51(50-36-35-48(47)55(49)56(50)54)44-30-18-14-26-40(44)22-10-6-2/h13-20,25-38H,5-12,21-24H2,1-4H3. The molecule has 56 heavy (non-hydrogen) atoms. The van der Waals surface area contributed by atoms with E-state index in [1.807, 2.05) is 0 Å². The summed E-state index contributed by atoms with van der Waals surface area (Å²) in [5, 5.41) is 8.26. The quantitative estimate of drug-likeness (QED) is 0.0869.